The third-order valence-corrected chi connectivity index (χ3v) is 2.67. The van der Waals surface area contributed by atoms with Crippen LogP contribution in [0.4, 0.5) is 5.69 Å². The predicted molar refractivity (Wildman–Crippen MR) is 72.5 cm³/mol. The monoisotopic (exact) mass is 225 g/mol. The molecule has 0 aliphatic heterocycles. The molecule has 1 aromatic carbocycles. The highest BCUT2D eigenvalue weighted by Gasteiger charge is 1.92. The van der Waals surface area contributed by atoms with Gasteiger partial charge in [-0.3, -0.25) is 0 Å². The van der Waals surface area contributed by atoms with E-state index in [2.05, 4.69) is 53.9 Å². The first kappa shape index (κ1) is 11.4. The lowest BCUT2D eigenvalue weighted by Gasteiger charge is -1.99. The second-order valence-electron chi connectivity index (χ2n) is 4.00. The highest BCUT2D eigenvalue weighted by atomic mass is 14.9. The fourth-order valence-corrected chi connectivity index (χ4v) is 1.58. The van der Waals surface area contributed by atoms with Crippen LogP contribution in [0.5, 0.6) is 0 Å². The maximum absolute atomic E-state index is 3.11. The predicted octanol–water partition coefficient (Wildman–Crippen LogP) is 2.72. The summed E-state index contributed by atoms with van der Waals surface area (Å²) in [6.07, 6.45) is 8.33. The fourth-order valence-electron chi connectivity index (χ4n) is 1.58. The maximum Gasteiger partial charge on any atom is 0.169 e. The zero-order valence-corrected chi connectivity index (χ0v) is 10.2. The first-order valence-corrected chi connectivity index (χ1v) is 5.69. The number of benzene rings is 1. The number of hydrogen-bond donors (Lipinski definition) is 1. The Labute approximate surface area is 102 Å². The van der Waals surface area contributed by atoms with Crippen LogP contribution in [0.3, 0.4) is 0 Å². The van der Waals surface area contributed by atoms with Gasteiger partial charge in [0.1, 0.15) is 7.05 Å². The molecule has 0 fully saturated rings. The standard InChI is InChI=1S/C15H16N2/c1-16-15-7-5-13(6-8-15)3-4-14-9-11-17(2)12-10-14/h3-12H,1-2H3/p+1. The fraction of sp³-hybridized carbons (Fsp3) is 0.133. The van der Waals surface area contributed by atoms with Crippen LogP contribution >= 0.6 is 0 Å². The van der Waals surface area contributed by atoms with Crippen molar-refractivity contribution in [3.8, 4) is 0 Å². The second-order valence-corrected chi connectivity index (χ2v) is 4.00. The van der Waals surface area contributed by atoms with Gasteiger partial charge in [-0.05, 0) is 23.3 Å². The molecule has 1 aromatic heterocycles. The van der Waals surface area contributed by atoms with Crippen LogP contribution in [0.25, 0.3) is 12.2 Å². The molecule has 0 aliphatic rings. The Bertz CT molecular complexity index is 495. The van der Waals surface area contributed by atoms with E-state index in [1.165, 1.54) is 11.1 Å². The Morgan fingerprint density at radius 1 is 0.882 bits per heavy atom. The van der Waals surface area contributed by atoms with Gasteiger partial charge in [0.15, 0.2) is 12.4 Å². The lowest BCUT2D eigenvalue weighted by Crippen LogP contribution is -2.25. The number of pyridine rings is 1. The van der Waals surface area contributed by atoms with Gasteiger partial charge >= 0.3 is 0 Å². The van der Waals surface area contributed by atoms with Crippen LogP contribution in [0, 0.1) is 0 Å². The van der Waals surface area contributed by atoms with Gasteiger partial charge < -0.3 is 5.32 Å². The van der Waals surface area contributed by atoms with Crippen molar-refractivity contribution < 1.29 is 4.57 Å². The van der Waals surface area contributed by atoms with E-state index in [1.54, 1.807) is 0 Å². The van der Waals surface area contributed by atoms with Gasteiger partial charge in [0.25, 0.3) is 0 Å². The molecule has 17 heavy (non-hydrogen) atoms. The van der Waals surface area contributed by atoms with E-state index >= 15 is 0 Å². The highest BCUT2D eigenvalue weighted by Crippen LogP contribution is 2.11. The van der Waals surface area contributed by atoms with Crippen molar-refractivity contribution in [3.63, 3.8) is 0 Å². The summed E-state index contributed by atoms with van der Waals surface area (Å²) < 4.78 is 2.03. The zero-order chi connectivity index (χ0) is 12.1. The molecule has 0 saturated carbocycles. The topological polar surface area (TPSA) is 15.9 Å². The average Bonchev–Trinajstić information content (AvgIpc) is 2.39. The first-order chi connectivity index (χ1) is 8.28. The van der Waals surface area contributed by atoms with E-state index in [0.717, 1.165) is 5.69 Å². The van der Waals surface area contributed by atoms with Crippen LogP contribution in [-0.2, 0) is 7.05 Å². The molecule has 0 atom stereocenters. The number of rotatable bonds is 3. The number of nitrogens with zero attached hydrogens (tertiary/aromatic N) is 1. The normalized spacial score (nSPS) is 10.7. The number of nitrogens with one attached hydrogen (secondary N) is 1. The van der Waals surface area contributed by atoms with Crippen molar-refractivity contribution in [1.82, 2.24) is 0 Å². The van der Waals surface area contributed by atoms with Gasteiger partial charge in [-0.25, -0.2) is 4.57 Å². The summed E-state index contributed by atoms with van der Waals surface area (Å²) >= 11 is 0. The molecule has 2 heteroatoms. The molecule has 0 radical (unpaired) electrons. The summed E-state index contributed by atoms with van der Waals surface area (Å²) in [5.41, 5.74) is 3.55. The van der Waals surface area contributed by atoms with Crippen molar-refractivity contribution in [3.05, 3.63) is 59.9 Å². The molecule has 1 N–H and O–H groups in total. The third-order valence-electron chi connectivity index (χ3n) is 2.67. The van der Waals surface area contributed by atoms with E-state index in [9.17, 15) is 0 Å². The zero-order valence-electron chi connectivity index (χ0n) is 10.2. The smallest absolute Gasteiger partial charge is 0.169 e. The summed E-state index contributed by atoms with van der Waals surface area (Å²) in [7, 11) is 3.94. The molecule has 0 saturated heterocycles. The molecule has 2 rings (SSSR count). The average molecular weight is 225 g/mol. The summed E-state index contributed by atoms with van der Waals surface area (Å²) in [4.78, 5) is 0. The molecule has 0 bridgehead atoms. The Balaban J connectivity index is 2.11. The SMILES string of the molecule is CNc1ccc(/C=C/c2cc[n+](C)cc2)cc1. The number of aryl methyl sites for hydroxylation is 1. The lowest BCUT2D eigenvalue weighted by atomic mass is 10.1. The van der Waals surface area contributed by atoms with Gasteiger partial charge in [-0.1, -0.05) is 24.3 Å². The Morgan fingerprint density at radius 2 is 1.41 bits per heavy atom. The minimum atomic E-state index is 1.13. The first-order valence-electron chi connectivity index (χ1n) is 5.69. The maximum atomic E-state index is 3.11. The van der Waals surface area contributed by atoms with Crippen LogP contribution in [0.15, 0.2) is 48.8 Å². The molecule has 1 heterocycles. The second kappa shape index (κ2) is 5.30. The van der Waals surface area contributed by atoms with Crippen molar-refractivity contribution >= 4 is 17.8 Å². The minimum Gasteiger partial charge on any atom is -0.388 e. The van der Waals surface area contributed by atoms with E-state index < -0.39 is 0 Å². The van der Waals surface area contributed by atoms with Gasteiger partial charge in [-0.15, -0.1) is 0 Å². The minimum absolute atomic E-state index is 1.13. The highest BCUT2D eigenvalue weighted by molar-refractivity contribution is 5.70. The number of hydrogen-bond acceptors (Lipinski definition) is 1. The van der Waals surface area contributed by atoms with Gasteiger partial charge in [0, 0.05) is 24.9 Å². The van der Waals surface area contributed by atoms with Gasteiger partial charge in [-0.2, -0.15) is 0 Å². The molecule has 86 valence electrons. The van der Waals surface area contributed by atoms with E-state index in [1.807, 2.05) is 31.1 Å². The molecule has 0 amide bonds. The van der Waals surface area contributed by atoms with E-state index in [4.69, 9.17) is 0 Å². The Morgan fingerprint density at radius 3 is 1.94 bits per heavy atom. The van der Waals surface area contributed by atoms with Gasteiger partial charge in [0.05, 0.1) is 0 Å². The number of anilines is 1. The molecule has 0 unspecified atom stereocenters. The summed E-state index contributed by atoms with van der Waals surface area (Å²) in [5, 5.41) is 3.11. The van der Waals surface area contributed by atoms with Crippen LogP contribution in [-0.4, -0.2) is 7.05 Å². The molecule has 2 nitrogen and oxygen atoms in total. The lowest BCUT2D eigenvalue weighted by molar-refractivity contribution is -0.671. The van der Waals surface area contributed by atoms with Crippen molar-refractivity contribution in [2.75, 3.05) is 12.4 Å². The quantitative estimate of drug-likeness (QED) is 0.794. The van der Waals surface area contributed by atoms with Crippen LogP contribution in [0.1, 0.15) is 11.1 Å². The summed E-state index contributed by atoms with van der Waals surface area (Å²) in [6, 6.07) is 12.5. The molecule has 2 aromatic rings. The van der Waals surface area contributed by atoms with Crippen LogP contribution in [0.2, 0.25) is 0 Å². The third kappa shape index (κ3) is 3.18. The summed E-state index contributed by atoms with van der Waals surface area (Å²) in [5.74, 6) is 0. The molecule has 0 spiro atoms. The summed E-state index contributed by atoms with van der Waals surface area (Å²) in [6.45, 7) is 0. The van der Waals surface area contributed by atoms with E-state index in [-0.39, 0.29) is 0 Å². The van der Waals surface area contributed by atoms with Crippen LogP contribution < -0.4 is 9.88 Å². The molecular formula is C15H17N2+. The molecule has 0 aliphatic carbocycles. The van der Waals surface area contributed by atoms with E-state index in [0.29, 0.717) is 0 Å². The Hall–Kier alpha value is -2.09. The van der Waals surface area contributed by atoms with Crippen molar-refractivity contribution in [1.29, 1.82) is 0 Å². The van der Waals surface area contributed by atoms with Crippen molar-refractivity contribution in [2.24, 2.45) is 7.05 Å². The number of aromatic nitrogens is 1. The van der Waals surface area contributed by atoms with Gasteiger partial charge in [0.2, 0.25) is 0 Å². The Kier molecular flexibility index (Phi) is 3.55. The largest absolute Gasteiger partial charge is 0.388 e. The van der Waals surface area contributed by atoms with Crippen molar-refractivity contribution in [2.45, 2.75) is 0 Å². The molecular weight excluding hydrogens is 208 g/mol.